The molecule has 0 aliphatic heterocycles. The number of nitrogens with zero attached hydrogens (tertiary/aromatic N) is 2. The van der Waals surface area contributed by atoms with E-state index in [4.69, 9.17) is 4.74 Å². The molecule has 2 aromatic heterocycles. The van der Waals surface area contributed by atoms with Gasteiger partial charge in [-0.1, -0.05) is 11.6 Å². The van der Waals surface area contributed by atoms with Crippen LogP contribution in [0.1, 0.15) is 31.2 Å². The van der Waals surface area contributed by atoms with Gasteiger partial charge in [0.15, 0.2) is 5.82 Å². The summed E-state index contributed by atoms with van der Waals surface area (Å²) in [6, 6.07) is 11.6. The number of hydrogen-bond donors (Lipinski definition) is 1. The first-order chi connectivity index (χ1) is 17.8. The number of sulfonamides is 1. The number of rotatable bonds is 7. The summed E-state index contributed by atoms with van der Waals surface area (Å²) >= 11 is 0. The third kappa shape index (κ3) is 4.29. The molecule has 37 heavy (non-hydrogen) atoms. The summed E-state index contributed by atoms with van der Waals surface area (Å²) in [5, 5.41) is 4.05. The van der Waals surface area contributed by atoms with Gasteiger partial charge in [0.1, 0.15) is 17.8 Å². The van der Waals surface area contributed by atoms with Gasteiger partial charge in [-0.25, -0.2) is 12.8 Å². The summed E-state index contributed by atoms with van der Waals surface area (Å²) in [5.74, 6) is 1.98. The smallest absolute Gasteiger partial charge is 0.263 e. The molecular weight excluding hydrogens is 497 g/mol. The molecule has 2 aliphatic rings. The third-order valence-electron chi connectivity index (χ3n) is 7.81. The molecule has 0 saturated heterocycles. The number of ether oxygens (including phenoxy) is 1. The van der Waals surface area contributed by atoms with Crippen LogP contribution in [-0.4, -0.2) is 25.3 Å². The minimum absolute atomic E-state index is 0.0208. The minimum Gasteiger partial charge on any atom is -0.495 e. The van der Waals surface area contributed by atoms with Crippen molar-refractivity contribution in [1.29, 1.82) is 0 Å². The molecule has 8 nitrogen and oxygen atoms in total. The van der Waals surface area contributed by atoms with Crippen molar-refractivity contribution in [1.82, 2.24) is 9.72 Å². The van der Waals surface area contributed by atoms with Crippen LogP contribution in [-0.2, 0) is 16.4 Å². The molecule has 0 unspecified atom stereocenters. The molecule has 2 aromatic carbocycles. The maximum absolute atomic E-state index is 15.4. The molecule has 2 bridgehead atoms. The lowest BCUT2D eigenvalue weighted by Crippen LogP contribution is -2.19. The van der Waals surface area contributed by atoms with Gasteiger partial charge < -0.3 is 9.26 Å². The van der Waals surface area contributed by atoms with Crippen LogP contribution in [0, 0.1) is 23.6 Å². The topological polar surface area (TPSA) is 103 Å². The Hall–Kier alpha value is -3.66. The van der Waals surface area contributed by atoms with Crippen molar-refractivity contribution in [3.63, 3.8) is 0 Å². The van der Waals surface area contributed by atoms with E-state index in [-0.39, 0.29) is 27.8 Å². The van der Waals surface area contributed by atoms with Crippen molar-refractivity contribution in [2.75, 3.05) is 11.8 Å². The van der Waals surface area contributed by atoms with E-state index in [1.165, 1.54) is 79.7 Å². The minimum atomic E-state index is -3.95. The number of halogens is 1. The van der Waals surface area contributed by atoms with E-state index >= 15 is 4.39 Å². The number of benzene rings is 2. The zero-order valence-electron chi connectivity index (χ0n) is 20.2. The van der Waals surface area contributed by atoms with Crippen molar-refractivity contribution in [3.05, 3.63) is 76.5 Å². The lowest BCUT2D eigenvalue weighted by atomic mass is 9.84. The average molecular weight is 524 g/mol. The van der Waals surface area contributed by atoms with Crippen LogP contribution in [0.5, 0.6) is 5.75 Å². The molecule has 3 atom stereocenters. The second-order valence-corrected chi connectivity index (χ2v) is 11.7. The lowest BCUT2D eigenvalue weighted by molar-refractivity contribution is 0.327. The standard InChI is InChI=1S/C27H26FN3O5S/c1-35-25-14-20(12-19-11-16-2-3-17(19)10-16)22(28)15-24(25)31-23-6-5-21(13-18(23)4-7-27(31)32)37(33,34)30-26-8-9-36-29-26/h4-9,13-17,19H,2-3,10-12H2,1H3,(H,29,30)/t16-,17-,19+/m1/s1. The summed E-state index contributed by atoms with van der Waals surface area (Å²) < 4.78 is 55.0. The van der Waals surface area contributed by atoms with Gasteiger partial charge in [0.05, 0.1) is 23.2 Å². The number of fused-ring (bicyclic) bond motifs is 3. The Morgan fingerprint density at radius 1 is 1.14 bits per heavy atom. The molecule has 1 N–H and O–H groups in total. The molecule has 4 aromatic rings. The first-order valence-electron chi connectivity index (χ1n) is 12.3. The highest BCUT2D eigenvalue weighted by Gasteiger charge is 2.39. The van der Waals surface area contributed by atoms with Crippen LogP contribution in [0.4, 0.5) is 10.2 Å². The van der Waals surface area contributed by atoms with E-state index < -0.39 is 10.0 Å². The van der Waals surface area contributed by atoms with Crippen LogP contribution in [0.15, 0.2) is 69.0 Å². The Morgan fingerprint density at radius 3 is 2.70 bits per heavy atom. The first-order valence-corrected chi connectivity index (χ1v) is 13.8. The summed E-state index contributed by atoms with van der Waals surface area (Å²) in [7, 11) is -2.45. The molecular formula is C27H26FN3O5S. The van der Waals surface area contributed by atoms with E-state index in [2.05, 4.69) is 14.4 Å². The van der Waals surface area contributed by atoms with Crippen LogP contribution >= 0.6 is 0 Å². The van der Waals surface area contributed by atoms with Crippen molar-refractivity contribution in [2.45, 2.75) is 37.0 Å². The predicted octanol–water partition coefficient (Wildman–Crippen LogP) is 4.91. The molecule has 2 heterocycles. The van der Waals surface area contributed by atoms with E-state index in [0.717, 1.165) is 12.3 Å². The van der Waals surface area contributed by atoms with E-state index in [9.17, 15) is 13.2 Å². The quantitative estimate of drug-likeness (QED) is 0.369. The Balaban J connectivity index is 1.39. The fourth-order valence-corrected chi connectivity index (χ4v) is 7.12. The average Bonchev–Trinajstić information content (AvgIpc) is 3.64. The third-order valence-corrected chi connectivity index (χ3v) is 9.16. The fraction of sp³-hybridized carbons (Fsp3) is 0.333. The summed E-state index contributed by atoms with van der Waals surface area (Å²) in [6.07, 6.45) is 6.82. The van der Waals surface area contributed by atoms with Gasteiger partial charge in [-0.15, -0.1) is 0 Å². The van der Waals surface area contributed by atoms with Gasteiger partial charge in [-0.3, -0.25) is 14.1 Å². The predicted molar refractivity (Wildman–Crippen MR) is 136 cm³/mol. The van der Waals surface area contributed by atoms with Gasteiger partial charge >= 0.3 is 0 Å². The van der Waals surface area contributed by atoms with E-state index in [1.807, 2.05) is 0 Å². The molecule has 2 saturated carbocycles. The second-order valence-electron chi connectivity index (χ2n) is 9.97. The number of aromatic nitrogens is 2. The van der Waals surface area contributed by atoms with Crippen LogP contribution in [0.2, 0.25) is 0 Å². The number of anilines is 1. The second kappa shape index (κ2) is 9.02. The normalized spacial score (nSPS) is 21.0. The summed E-state index contributed by atoms with van der Waals surface area (Å²) in [5.41, 5.74) is 0.899. The molecule has 10 heteroatoms. The summed E-state index contributed by atoms with van der Waals surface area (Å²) in [6.45, 7) is 0. The van der Waals surface area contributed by atoms with Crippen molar-refractivity contribution < 1.29 is 22.1 Å². The number of hydrogen-bond acceptors (Lipinski definition) is 6. The Morgan fingerprint density at radius 2 is 2.00 bits per heavy atom. The highest BCUT2D eigenvalue weighted by molar-refractivity contribution is 7.92. The largest absolute Gasteiger partial charge is 0.495 e. The molecule has 2 aliphatic carbocycles. The Labute approximate surface area is 213 Å². The molecule has 192 valence electrons. The number of nitrogens with one attached hydrogen (secondary N) is 1. The maximum Gasteiger partial charge on any atom is 0.263 e. The van der Waals surface area contributed by atoms with Crippen LogP contribution in [0.25, 0.3) is 16.6 Å². The Bertz CT molecular complexity index is 1650. The molecule has 0 spiro atoms. The van der Waals surface area contributed by atoms with Gasteiger partial charge in [-0.2, -0.15) is 0 Å². The molecule has 2 fully saturated rings. The van der Waals surface area contributed by atoms with E-state index in [1.54, 1.807) is 6.07 Å². The van der Waals surface area contributed by atoms with Gasteiger partial charge in [0.2, 0.25) is 0 Å². The highest BCUT2D eigenvalue weighted by Crippen LogP contribution is 2.49. The monoisotopic (exact) mass is 523 g/mol. The van der Waals surface area contributed by atoms with Gasteiger partial charge in [0, 0.05) is 23.6 Å². The van der Waals surface area contributed by atoms with E-state index in [0.29, 0.717) is 40.5 Å². The molecule has 6 rings (SSSR count). The fourth-order valence-electron chi connectivity index (χ4n) is 6.09. The highest BCUT2D eigenvalue weighted by atomic mass is 32.2. The summed E-state index contributed by atoms with van der Waals surface area (Å²) in [4.78, 5) is 13.0. The molecule has 0 amide bonds. The van der Waals surface area contributed by atoms with Gasteiger partial charge in [-0.05, 0) is 79.3 Å². The first kappa shape index (κ1) is 23.7. The zero-order valence-corrected chi connectivity index (χ0v) is 21.0. The van der Waals surface area contributed by atoms with Crippen molar-refractivity contribution in [3.8, 4) is 11.4 Å². The number of pyridine rings is 1. The Kier molecular flexibility index (Phi) is 5.78. The number of methoxy groups -OCH3 is 1. The van der Waals surface area contributed by atoms with Crippen LogP contribution in [0.3, 0.4) is 0 Å². The van der Waals surface area contributed by atoms with Crippen LogP contribution < -0.4 is 15.0 Å². The van der Waals surface area contributed by atoms with Crippen molar-refractivity contribution in [2.24, 2.45) is 17.8 Å². The maximum atomic E-state index is 15.4. The SMILES string of the molecule is COc1cc(C[C@@H]2C[C@@H]3CC[C@@H]2C3)c(F)cc1-n1c(=O)ccc2cc(S(=O)(=O)Nc3ccon3)ccc21. The lowest BCUT2D eigenvalue weighted by Gasteiger charge is -2.23. The van der Waals surface area contributed by atoms with Gasteiger partial charge in [0.25, 0.3) is 15.6 Å². The molecule has 0 radical (unpaired) electrons. The zero-order chi connectivity index (χ0) is 25.7. The van der Waals surface area contributed by atoms with Crippen molar-refractivity contribution >= 4 is 26.7 Å².